The number of nitrogens with one attached hydrogen (secondary N) is 2. The molecule has 0 saturated heterocycles. The minimum Gasteiger partial charge on any atom is -0.319 e. The molecule has 1 aromatic heterocycles. The molecular weight excluding hydrogens is 284 g/mol. The summed E-state index contributed by atoms with van der Waals surface area (Å²) in [5.74, 6) is -0.447. The zero-order valence-corrected chi connectivity index (χ0v) is 11.5. The Morgan fingerprint density at radius 3 is 2.65 bits per heavy atom. The Bertz CT molecular complexity index is 677. The summed E-state index contributed by atoms with van der Waals surface area (Å²) in [7, 11) is 0. The van der Waals surface area contributed by atoms with E-state index in [9.17, 15) is 14.9 Å². The monoisotopic (exact) mass is 294 g/mol. The van der Waals surface area contributed by atoms with Crippen molar-refractivity contribution in [2.24, 2.45) is 0 Å². The van der Waals surface area contributed by atoms with Crippen molar-refractivity contribution in [2.75, 3.05) is 5.32 Å². The molecule has 1 aromatic carbocycles. The fourth-order valence-electron chi connectivity index (χ4n) is 1.72. The number of nitrogens with zero attached hydrogens (tertiary/aromatic N) is 2. The summed E-state index contributed by atoms with van der Waals surface area (Å²) in [5, 5.41) is 20.0. The van der Waals surface area contributed by atoms with E-state index >= 15 is 0 Å². The summed E-state index contributed by atoms with van der Waals surface area (Å²) in [6, 6.07) is 3.70. The molecule has 7 nitrogen and oxygen atoms in total. The molecule has 104 valence electrons. The fraction of sp³-hybridized carbons (Fsp3) is 0.167. The zero-order chi connectivity index (χ0) is 14.9. The molecule has 2 N–H and O–H groups in total. The summed E-state index contributed by atoms with van der Waals surface area (Å²) >= 11 is 5.90. The third-order valence-electron chi connectivity index (χ3n) is 2.77. The van der Waals surface area contributed by atoms with Gasteiger partial charge in [-0.25, -0.2) is 0 Å². The normalized spacial score (nSPS) is 10.3. The lowest BCUT2D eigenvalue weighted by molar-refractivity contribution is -0.384. The summed E-state index contributed by atoms with van der Waals surface area (Å²) in [4.78, 5) is 22.2. The van der Waals surface area contributed by atoms with Gasteiger partial charge >= 0.3 is 0 Å². The molecule has 0 radical (unpaired) electrons. The van der Waals surface area contributed by atoms with E-state index in [1.54, 1.807) is 13.8 Å². The lowest BCUT2D eigenvalue weighted by Gasteiger charge is -2.06. The van der Waals surface area contributed by atoms with Crippen LogP contribution in [0.1, 0.15) is 21.7 Å². The fourth-order valence-corrected chi connectivity index (χ4v) is 1.98. The predicted molar refractivity (Wildman–Crippen MR) is 74.1 cm³/mol. The summed E-state index contributed by atoms with van der Waals surface area (Å²) < 4.78 is 0. The molecule has 2 rings (SSSR count). The van der Waals surface area contributed by atoms with E-state index in [0.717, 1.165) is 6.07 Å². The molecule has 1 heterocycles. The van der Waals surface area contributed by atoms with E-state index in [0.29, 0.717) is 17.1 Å². The molecule has 0 aliphatic rings. The van der Waals surface area contributed by atoms with Crippen LogP contribution in [0.3, 0.4) is 0 Å². The van der Waals surface area contributed by atoms with Gasteiger partial charge in [0.25, 0.3) is 11.6 Å². The molecule has 0 spiro atoms. The lowest BCUT2D eigenvalue weighted by atomic mass is 10.2. The van der Waals surface area contributed by atoms with E-state index in [1.807, 2.05) is 0 Å². The van der Waals surface area contributed by atoms with Gasteiger partial charge in [-0.15, -0.1) is 0 Å². The van der Waals surface area contributed by atoms with E-state index in [4.69, 9.17) is 11.6 Å². The SMILES string of the molecule is Cc1n[nH]c(C)c1NC(=O)c1ccc([N+](=O)[O-])cc1Cl. The average Bonchev–Trinajstić information content (AvgIpc) is 2.70. The number of benzene rings is 1. The molecule has 0 saturated carbocycles. The van der Waals surface area contributed by atoms with Crippen molar-refractivity contribution in [1.82, 2.24) is 10.2 Å². The van der Waals surface area contributed by atoms with Crippen LogP contribution in [0.4, 0.5) is 11.4 Å². The first-order chi connectivity index (χ1) is 9.40. The quantitative estimate of drug-likeness (QED) is 0.671. The number of aryl methyl sites for hydroxylation is 2. The average molecular weight is 295 g/mol. The Morgan fingerprint density at radius 2 is 2.15 bits per heavy atom. The summed E-state index contributed by atoms with van der Waals surface area (Å²) in [6.07, 6.45) is 0. The summed E-state index contributed by atoms with van der Waals surface area (Å²) in [5.41, 5.74) is 1.94. The number of aromatic nitrogens is 2. The van der Waals surface area contributed by atoms with Gasteiger partial charge in [0.2, 0.25) is 0 Å². The zero-order valence-electron chi connectivity index (χ0n) is 10.7. The molecule has 0 unspecified atom stereocenters. The molecule has 0 fully saturated rings. The van der Waals surface area contributed by atoms with Crippen LogP contribution < -0.4 is 5.32 Å². The Hall–Kier alpha value is -2.41. The Balaban J connectivity index is 2.28. The molecule has 20 heavy (non-hydrogen) atoms. The van der Waals surface area contributed by atoms with Gasteiger partial charge in [0, 0.05) is 12.1 Å². The molecule has 1 amide bonds. The van der Waals surface area contributed by atoms with Crippen LogP contribution in [0.5, 0.6) is 0 Å². The van der Waals surface area contributed by atoms with E-state index < -0.39 is 10.8 Å². The summed E-state index contributed by atoms with van der Waals surface area (Å²) in [6.45, 7) is 3.52. The Labute approximate surface area is 119 Å². The molecule has 0 bridgehead atoms. The number of nitro groups is 1. The second-order valence-electron chi connectivity index (χ2n) is 4.18. The first kappa shape index (κ1) is 14.0. The number of aromatic amines is 1. The number of anilines is 1. The predicted octanol–water partition coefficient (Wildman–Crippen LogP) is 2.84. The number of hydrogen-bond acceptors (Lipinski definition) is 4. The van der Waals surface area contributed by atoms with Gasteiger partial charge in [0.15, 0.2) is 0 Å². The van der Waals surface area contributed by atoms with Gasteiger partial charge in [-0.05, 0) is 19.9 Å². The van der Waals surface area contributed by atoms with Crippen LogP contribution in [0, 0.1) is 24.0 Å². The van der Waals surface area contributed by atoms with Crippen LogP contribution in [-0.4, -0.2) is 21.0 Å². The van der Waals surface area contributed by atoms with Crippen molar-refractivity contribution in [1.29, 1.82) is 0 Å². The third-order valence-corrected chi connectivity index (χ3v) is 3.09. The molecular formula is C12H11ClN4O3. The number of carbonyl (C=O) groups is 1. The highest BCUT2D eigenvalue weighted by atomic mass is 35.5. The van der Waals surface area contributed by atoms with Crippen LogP contribution in [0.2, 0.25) is 5.02 Å². The van der Waals surface area contributed by atoms with Gasteiger partial charge in [-0.1, -0.05) is 11.6 Å². The number of halogens is 1. The molecule has 2 aromatic rings. The van der Waals surface area contributed by atoms with Gasteiger partial charge in [-0.3, -0.25) is 20.0 Å². The second-order valence-corrected chi connectivity index (χ2v) is 4.59. The van der Waals surface area contributed by atoms with Crippen molar-refractivity contribution >= 4 is 28.9 Å². The highest BCUT2D eigenvalue weighted by molar-refractivity contribution is 6.34. The second kappa shape index (κ2) is 5.30. The van der Waals surface area contributed by atoms with E-state index in [2.05, 4.69) is 15.5 Å². The number of H-pyrrole nitrogens is 1. The number of carbonyl (C=O) groups excluding carboxylic acids is 1. The van der Waals surface area contributed by atoms with Crippen molar-refractivity contribution in [3.8, 4) is 0 Å². The van der Waals surface area contributed by atoms with Crippen molar-refractivity contribution in [2.45, 2.75) is 13.8 Å². The maximum atomic E-state index is 12.1. The largest absolute Gasteiger partial charge is 0.319 e. The van der Waals surface area contributed by atoms with Gasteiger partial charge in [-0.2, -0.15) is 5.10 Å². The topological polar surface area (TPSA) is 101 Å². The number of non-ortho nitro benzene ring substituents is 1. The van der Waals surface area contributed by atoms with Gasteiger partial charge in [0.1, 0.15) is 0 Å². The molecule has 0 atom stereocenters. The first-order valence-electron chi connectivity index (χ1n) is 5.67. The van der Waals surface area contributed by atoms with Crippen LogP contribution in [0.15, 0.2) is 18.2 Å². The van der Waals surface area contributed by atoms with Crippen molar-refractivity contribution < 1.29 is 9.72 Å². The molecule has 0 aliphatic heterocycles. The van der Waals surface area contributed by atoms with Crippen molar-refractivity contribution in [3.63, 3.8) is 0 Å². The first-order valence-corrected chi connectivity index (χ1v) is 6.05. The highest BCUT2D eigenvalue weighted by Crippen LogP contribution is 2.24. The maximum Gasteiger partial charge on any atom is 0.270 e. The van der Waals surface area contributed by atoms with Gasteiger partial charge < -0.3 is 5.32 Å². The highest BCUT2D eigenvalue weighted by Gasteiger charge is 2.17. The molecule has 0 aliphatic carbocycles. The molecule has 8 heteroatoms. The number of rotatable bonds is 3. The minimum atomic E-state index is -0.571. The Morgan fingerprint density at radius 1 is 1.45 bits per heavy atom. The van der Waals surface area contributed by atoms with Gasteiger partial charge in [0.05, 0.1) is 32.6 Å². The third kappa shape index (κ3) is 2.62. The number of nitro benzene ring substituents is 1. The van der Waals surface area contributed by atoms with Crippen LogP contribution in [-0.2, 0) is 0 Å². The van der Waals surface area contributed by atoms with Crippen LogP contribution >= 0.6 is 11.6 Å². The number of amides is 1. The van der Waals surface area contributed by atoms with E-state index in [1.165, 1.54) is 12.1 Å². The lowest BCUT2D eigenvalue weighted by Crippen LogP contribution is -2.13. The van der Waals surface area contributed by atoms with Crippen molar-refractivity contribution in [3.05, 3.63) is 50.3 Å². The Kier molecular flexibility index (Phi) is 3.71. The standard InChI is InChI=1S/C12H11ClN4O3/c1-6-11(7(2)16-15-6)14-12(18)9-4-3-8(17(19)20)5-10(9)13/h3-5H,1-2H3,(H,14,18)(H,15,16). The maximum absolute atomic E-state index is 12.1. The number of hydrogen-bond donors (Lipinski definition) is 2. The minimum absolute atomic E-state index is 0.0236. The smallest absolute Gasteiger partial charge is 0.270 e. The van der Waals surface area contributed by atoms with E-state index in [-0.39, 0.29) is 16.3 Å². The van der Waals surface area contributed by atoms with Crippen LogP contribution in [0.25, 0.3) is 0 Å².